The molecule has 0 radical (unpaired) electrons. The summed E-state index contributed by atoms with van der Waals surface area (Å²) in [6.07, 6.45) is 7.68. The van der Waals surface area contributed by atoms with E-state index >= 15 is 0 Å². The minimum atomic E-state index is -0.835. The largest absolute Gasteiger partial charge is 0.418 e. The maximum Gasteiger partial charge on any atom is 0.418 e. The van der Waals surface area contributed by atoms with Gasteiger partial charge in [-0.2, -0.15) is 5.26 Å². The number of aryl methyl sites for hydroxylation is 1. The van der Waals surface area contributed by atoms with Crippen molar-refractivity contribution in [3.8, 4) is 6.07 Å². The lowest BCUT2D eigenvalue weighted by molar-refractivity contribution is -0.109. The summed E-state index contributed by atoms with van der Waals surface area (Å²) in [5, 5.41) is 15.3. The molecule has 2 aliphatic rings. The van der Waals surface area contributed by atoms with E-state index in [0.29, 0.717) is 60.9 Å². The van der Waals surface area contributed by atoms with Gasteiger partial charge >= 0.3 is 12.1 Å². The molecule has 0 atom stereocenters. The van der Waals surface area contributed by atoms with Gasteiger partial charge in [-0.05, 0) is 42.2 Å². The summed E-state index contributed by atoms with van der Waals surface area (Å²) in [5.74, 6) is 0.740. The van der Waals surface area contributed by atoms with Crippen LogP contribution in [0.4, 0.5) is 26.9 Å². The Labute approximate surface area is 232 Å². The molecule has 4 rings (SSSR count). The van der Waals surface area contributed by atoms with Gasteiger partial charge in [0, 0.05) is 52.9 Å². The van der Waals surface area contributed by atoms with E-state index in [9.17, 15) is 14.9 Å². The Balaban J connectivity index is 1.62. The number of allylic oxidation sites excluding steroid dienone is 2. The average Bonchev–Trinajstić information content (AvgIpc) is 3.17. The van der Waals surface area contributed by atoms with Crippen molar-refractivity contribution in [2.45, 2.75) is 25.7 Å². The Kier molecular flexibility index (Phi) is 9.63. The molecular weight excluding hydrogens is 518 g/mol. The van der Waals surface area contributed by atoms with Gasteiger partial charge in [-0.3, -0.25) is 15.1 Å². The van der Waals surface area contributed by atoms with Crippen molar-refractivity contribution in [1.82, 2.24) is 14.9 Å². The smallest absolute Gasteiger partial charge is 0.418 e. The molecule has 0 spiro atoms. The fourth-order valence-electron chi connectivity index (χ4n) is 4.36. The second kappa shape index (κ2) is 13.5. The van der Waals surface area contributed by atoms with Crippen LogP contribution in [0.25, 0.3) is 0 Å². The van der Waals surface area contributed by atoms with Gasteiger partial charge in [-0.1, -0.05) is 0 Å². The molecule has 0 aromatic carbocycles. The summed E-state index contributed by atoms with van der Waals surface area (Å²) >= 11 is 0. The third kappa shape index (κ3) is 6.55. The highest BCUT2D eigenvalue weighted by Crippen LogP contribution is 2.32. The van der Waals surface area contributed by atoms with Gasteiger partial charge in [-0.25, -0.2) is 19.6 Å². The van der Waals surface area contributed by atoms with E-state index < -0.39 is 18.4 Å². The second-order valence-electron chi connectivity index (χ2n) is 8.83. The molecule has 2 aromatic heterocycles. The first-order valence-electron chi connectivity index (χ1n) is 12.6. The normalized spacial score (nSPS) is 14.4. The number of nitrogens with zero attached hydrogens (tertiary/aromatic N) is 5. The topological polar surface area (TPSA) is 151 Å². The predicted molar refractivity (Wildman–Crippen MR) is 145 cm³/mol. The minimum absolute atomic E-state index is 0.163. The number of cyclic esters (lactones) is 1. The van der Waals surface area contributed by atoms with Crippen LogP contribution >= 0.6 is 0 Å². The van der Waals surface area contributed by atoms with Gasteiger partial charge in [0.25, 0.3) is 0 Å². The van der Waals surface area contributed by atoms with E-state index in [1.165, 1.54) is 36.5 Å². The highest BCUT2D eigenvalue weighted by molar-refractivity contribution is 6.01. The Bertz CT molecular complexity index is 1340. The number of carbonyl (C=O) groups excluding carboxylic acids is 2. The Morgan fingerprint density at radius 2 is 2.08 bits per heavy atom. The Morgan fingerprint density at radius 3 is 2.83 bits per heavy atom. The lowest BCUT2D eigenvalue weighted by atomic mass is 10.0. The van der Waals surface area contributed by atoms with E-state index in [0.717, 1.165) is 5.56 Å². The van der Waals surface area contributed by atoms with Gasteiger partial charge in [0.1, 0.15) is 23.4 Å². The SMILES string of the molecule is COCCNc1cc(NC(=O)N2CCCc3cc(CN4C=CC=COC4=O)c(C(OC)OC)nc32)ncc1C#N. The minimum Gasteiger partial charge on any atom is -0.418 e. The fourth-order valence-corrected chi connectivity index (χ4v) is 4.36. The summed E-state index contributed by atoms with van der Waals surface area (Å²) in [6.45, 7) is 1.53. The number of urea groups is 1. The van der Waals surface area contributed by atoms with Crippen molar-refractivity contribution < 1.29 is 28.5 Å². The highest BCUT2D eigenvalue weighted by Gasteiger charge is 2.29. The zero-order valence-electron chi connectivity index (χ0n) is 22.5. The molecule has 2 aliphatic heterocycles. The zero-order chi connectivity index (χ0) is 28.5. The second-order valence-corrected chi connectivity index (χ2v) is 8.83. The maximum atomic E-state index is 13.4. The average molecular weight is 550 g/mol. The lowest BCUT2D eigenvalue weighted by Gasteiger charge is -2.31. The highest BCUT2D eigenvalue weighted by atomic mass is 16.7. The number of nitriles is 1. The molecule has 13 heteroatoms. The molecule has 0 aliphatic carbocycles. The van der Waals surface area contributed by atoms with E-state index in [-0.39, 0.29) is 12.4 Å². The molecule has 0 unspecified atom stereocenters. The Hall–Kier alpha value is -4.51. The summed E-state index contributed by atoms with van der Waals surface area (Å²) in [5.41, 5.74) is 2.85. The first kappa shape index (κ1) is 28.5. The van der Waals surface area contributed by atoms with Crippen LogP contribution in [0.3, 0.4) is 0 Å². The number of hydrogen-bond acceptors (Lipinski definition) is 10. The molecule has 0 saturated carbocycles. The van der Waals surface area contributed by atoms with Crippen molar-refractivity contribution in [3.05, 3.63) is 65.3 Å². The zero-order valence-corrected chi connectivity index (χ0v) is 22.5. The fraction of sp³-hybridized carbons (Fsp3) is 0.370. The van der Waals surface area contributed by atoms with E-state index in [1.807, 2.05) is 6.07 Å². The molecule has 2 N–H and O–H groups in total. The Morgan fingerprint density at radius 1 is 1.25 bits per heavy atom. The predicted octanol–water partition coefficient (Wildman–Crippen LogP) is 3.66. The number of pyridine rings is 2. The number of amides is 3. The number of anilines is 3. The number of nitrogens with one attached hydrogen (secondary N) is 2. The lowest BCUT2D eigenvalue weighted by Crippen LogP contribution is -2.40. The number of methoxy groups -OCH3 is 3. The summed E-state index contributed by atoms with van der Waals surface area (Å²) in [6, 6.07) is 5.18. The number of fused-ring (bicyclic) bond motifs is 1. The summed E-state index contributed by atoms with van der Waals surface area (Å²) < 4.78 is 21.1. The standard InChI is InChI=1S/C27H31N7O6/c1-37-12-8-29-21-14-22(30-16-20(21)15-28)31-26(35)34-10-6-7-18-13-19(17-33-9-4-5-11-40-27(33)36)23(32-24(18)34)25(38-2)39-3/h4-5,9,11,13-14,16,25H,6-8,10,12,17H2,1-3H3,(H2,29,30,31,35). The van der Waals surface area contributed by atoms with Crippen molar-refractivity contribution in [2.75, 3.05) is 56.6 Å². The molecule has 0 bridgehead atoms. The van der Waals surface area contributed by atoms with Gasteiger partial charge in [0.15, 0.2) is 0 Å². The number of hydrogen-bond donors (Lipinski definition) is 2. The molecule has 0 saturated heterocycles. The molecule has 40 heavy (non-hydrogen) atoms. The first-order chi connectivity index (χ1) is 19.5. The number of aromatic nitrogens is 2. The molecule has 0 fully saturated rings. The van der Waals surface area contributed by atoms with Crippen LogP contribution in [0, 0.1) is 11.3 Å². The van der Waals surface area contributed by atoms with Crippen LogP contribution in [0.5, 0.6) is 0 Å². The number of ether oxygens (including phenoxy) is 4. The van der Waals surface area contributed by atoms with Gasteiger partial charge in [0.2, 0.25) is 6.29 Å². The summed E-state index contributed by atoms with van der Waals surface area (Å²) in [4.78, 5) is 37.8. The molecule has 4 heterocycles. The quantitative estimate of drug-likeness (QED) is 0.332. The van der Waals surface area contributed by atoms with Crippen LogP contribution < -0.4 is 15.5 Å². The van der Waals surface area contributed by atoms with Crippen molar-refractivity contribution in [1.29, 1.82) is 5.26 Å². The molecular formula is C27H31N7O6. The van der Waals surface area contributed by atoms with Crippen LogP contribution in [0.15, 0.2) is 42.9 Å². The third-order valence-electron chi connectivity index (χ3n) is 6.25. The molecule has 3 amide bonds. The molecule has 13 nitrogen and oxygen atoms in total. The van der Waals surface area contributed by atoms with Crippen LogP contribution in [0.1, 0.15) is 35.1 Å². The van der Waals surface area contributed by atoms with Crippen LogP contribution in [-0.2, 0) is 31.9 Å². The van der Waals surface area contributed by atoms with E-state index in [4.69, 9.17) is 23.9 Å². The maximum absolute atomic E-state index is 13.4. The monoisotopic (exact) mass is 549 g/mol. The van der Waals surface area contributed by atoms with Crippen molar-refractivity contribution >= 4 is 29.4 Å². The summed E-state index contributed by atoms with van der Waals surface area (Å²) in [7, 11) is 4.56. The number of rotatable bonds is 10. The van der Waals surface area contributed by atoms with Gasteiger partial charge in [-0.15, -0.1) is 0 Å². The number of carbonyl (C=O) groups is 2. The van der Waals surface area contributed by atoms with Crippen molar-refractivity contribution in [3.63, 3.8) is 0 Å². The van der Waals surface area contributed by atoms with Gasteiger partial charge < -0.3 is 24.3 Å². The van der Waals surface area contributed by atoms with E-state index in [2.05, 4.69) is 21.7 Å². The third-order valence-corrected chi connectivity index (χ3v) is 6.25. The first-order valence-corrected chi connectivity index (χ1v) is 12.6. The van der Waals surface area contributed by atoms with Gasteiger partial charge in [0.05, 0.1) is 30.7 Å². The van der Waals surface area contributed by atoms with Crippen LogP contribution in [0.2, 0.25) is 0 Å². The van der Waals surface area contributed by atoms with Crippen molar-refractivity contribution in [2.24, 2.45) is 0 Å². The van der Waals surface area contributed by atoms with E-state index in [1.54, 1.807) is 31.5 Å². The molecule has 2 aromatic rings. The van der Waals surface area contributed by atoms with Crippen LogP contribution in [-0.4, -0.2) is 68.0 Å². The molecule has 210 valence electrons.